The monoisotopic (exact) mass is 468 g/mol. The molecule has 1 atom stereocenters. The van der Waals surface area contributed by atoms with Crippen LogP contribution in [0.4, 0.5) is 0 Å². The first-order valence-electron chi connectivity index (χ1n) is 5.34. The predicted octanol–water partition coefficient (Wildman–Crippen LogP) is -2.88. The average Bonchev–Trinajstić information content (AvgIpc) is 2.42. The second-order valence-corrected chi connectivity index (χ2v) is 4.79. The van der Waals surface area contributed by atoms with Gasteiger partial charge in [0.25, 0.3) is 0 Å². The van der Waals surface area contributed by atoms with Crippen molar-refractivity contribution in [1.82, 2.24) is 16.0 Å². The second-order valence-electron chi connectivity index (χ2n) is 3.20. The summed E-state index contributed by atoms with van der Waals surface area (Å²) < 4.78 is 0.634. The maximum atomic E-state index is 11.3. The minimum Gasteiger partial charge on any atom is -0.400 e. The van der Waals surface area contributed by atoms with E-state index in [0.29, 0.717) is 10.3 Å². The van der Waals surface area contributed by atoms with Crippen LogP contribution >= 0.6 is 0 Å². The average molecular weight is 467 g/mol. The second kappa shape index (κ2) is 13.4. The molecule has 0 bridgehead atoms. The summed E-state index contributed by atoms with van der Waals surface area (Å²) in [5.41, 5.74) is 0. The van der Waals surface area contributed by atoms with Crippen molar-refractivity contribution in [3.8, 4) is 0 Å². The molecule has 0 aromatic rings. The standard InChI is InChI=1S/C9H14N3O4.CH4O.Pb/c1-6(5-13)12-9(16)4-11-8(15)3-10-7(2)14;1-2;/h5-6H,1,3-4H2,2H3,(H,10,14)(H,11,15)(H,12,16);2H,1H3;. The van der Waals surface area contributed by atoms with Gasteiger partial charge in [-0.05, 0) is 0 Å². The van der Waals surface area contributed by atoms with E-state index in [4.69, 9.17) is 5.11 Å². The summed E-state index contributed by atoms with van der Waals surface area (Å²) >= 11 is 0.806. The Morgan fingerprint density at radius 2 is 1.68 bits per heavy atom. The maximum absolute atomic E-state index is 11.3. The van der Waals surface area contributed by atoms with Gasteiger partial charge in [-0.15, -0.1) is 0 Å². The molecule has 0 heterocycles. The Bertz CT molecular complexity index is 312. The van der Waals surface area contributed by atoms with Crippen LogP contribution in [0.15, 0.2) is 0 Å². The fourth-order valence-electron chi connectivity index (χ4n) is 0.837. The normalized spacial score (nSPS) is 10.3. The molecular weight excluding hydrogens is 449 g/mol. The molecule has 0 aliphatic carbocycles. The maximum Gasteiger partial charge on any atom is 0.0319 e. The van der Waals surface area contributed by atoms with Crippen molar-refractivity contribution >= 4 is 49.8 Å². The third-order valence-electron chi connectivity index (χ3n) is 1.67. The molecule has 8 nitrogen and oxygen atoms in total. The van der Waals surface area contributed by atoms with Crippen molar-refractivity contribution in [3.63, 3.8) is 0 Å². The zero-order chi connectivity index (χ0) is 15.3. The topological polar surface area (TPSA) is 125 Å². The number of nitrogens with one attached hydrogen (secondary N) is 3. The van der Waals surface area contributed by atoms with Crippen LogP contribution in [0, 0.1) is 0 Å². The Morgan fingerprint density at radius 3 is 2.11 bits per heavy atom. The van der Waals surface area contributed by atoms with Gasteiger partial charge >= 0.3 is 115 Å². The molecule has 1 unspecified atom stereocenters. The van der Waals surface area contributed by atoms with Crippen LogP contribution in [0.5, 0.6) is 0 Å². The van der Waals surface area contributed by atoms with Crippen LogP contribution in [0.1, 0.15) is 6.92 Å². The van der Waals surface area contributed by atoms with Gasteiger partial charge in [0.05, 0.1) is 0 Å². The largest absolute Gasteiger partial charge is 0.400 e. The van der Waals surface area contributed by atoms with Crippen LogP contribution in [0.3, 0.4) is 0 Å². The van der Waals surface area contributed by atoms with Crippen molar-refractivity contribution in [1.29, 1.82) is 0 Å². The predicted molar refractivity (Wildman–Crippen MR) is 68.4 cm³/mol. The van der Waals surface area contributed by atoms with Gasteiger partial charge in [-0.3, -0.25) is 0 Å². The van der Waals surface area contributed by atoms with E-state index < -0.39 is 17.9 Å². The van der Waals surface area contributed by atoms with E-state index in [9.17, 15) is 19.2 Å². The number of aliphatic hydroxyl groups is 1. The van der Waals surface area contributed by atoms with Gasteiger partial charge in [0.2, 0.25) is 0 Å². The first kappa shape index (κ1) is 20.3. The number of aliphatic hydroxyl groups excluding tert-OH is 1. The quantitative estimate of drug-likeness (QED) is 0.237. The molecule has 3 amide bonds. The Hall–Kier alpha value is -1.04. The van der Waals surface area contributed by atoms with E-state index in [1.54, 1.807) is 0 Å². The molecular formula is C10H18N3O5Pb. The molecule has 0 rings (SSSR count). The molecule has 9 heteroatoms. The summed E-state index contributed by atoms with van der Waals surface area (Å²) in [4.78, 5) is 43.3. The fourth-order valence-corrected chi connectivity index (χ4v) is 1.61. The first-order valence-corrected chi connectivity index (χ1v) is 8.09. The number of hydrogen-bond acceptors (Lipinski definition) is 5. The van der Waals surface area contributed by atoms with Gasteiger partial charge in [0.1, 0.15) is 0 Å². The van der Waals surface area contributed by atoms with Crippen LogP contribution in [0.2, 0.25) is 3.98 Å². The number of aldehydes is 1. The number of hydrogen-bond donors (Lipinski definition) is 4. The number of rotatable bonds is 7. The summed E-state index contributed by atoms with van der Waals surface area (Å²) in [5.74, 6) is -1.19. The molecule has 3 radical (unpaired) electrons. The van der Waals surface area contributed by atoms with Crippen molar-refractivity contribution in [2.24, 2.45) is 0 Å². The van der Waals surface area contributed by atoms with Gasteiger partial charge in [-0.25, -0.2) is 0 Å². The van der Waals surface area contributed by atoms with Gasteiger partial charge in [0.15, 0.2) is 0 Å². The van der Waals surface area contributed by atoms with E-state index in [1.807, 2.05) is 0 Å². The Labute approximate surface area is 127 Å². The van der Waals surface area contributed by atoms with E-state index >= 15 is 0 Å². The van der Waals surface area contributed by atoms with Crippen LogP contribution < -0.4 is 16.0 Å². The molecule has 0 fully saturated rings. The molecule has 0 aliphatic rings. The molecule has 19 heavy (non-hydrogen) atoms. The van der Waals surface area contributed by atoms with Crippen LogP contribution in [-0.2, 0) is 19.2 Å². The van der Waals surface area contributed by atoms with E-state index in [-0.39, 0.29) is 19.0 Å². The number of carbonyl (C=O) groups excluding carboxylic acids is 4. The summed E-state index contributed by atoms with van der Waals surface area (Å²) in [6.45, 7) is 0.921. The van der Waals surface area contributed by atoms with Crippen molar-refractivity contribution < 1.29 is 24.3 Å². The van der Waals surface area contributed by atoms with Crippen molar-refractivity contribution in [2.75, 3.05) is 20.2 Å². The zero-order valence-electron chi connectivity index (χ0n) is 10.9. The fraction of sp³-hybridized carbons (Fsp3) is 0.600. The summed E-state index contributed by atoms with van der Waals surface area (Å²) in [5, 5.41) is 14.1. The molecule has 0 aromatic heterocycles. The van der Waals surface area contributed by atoms with Gasteiger partial charge in [-0.1, -0.05) is 0 Å². The minimum atomic E-state index is -0.471. The first-order chi connectivity index (χ1) is 8.99. The SMILES string of the molecule is CC(=O)NCC(=O)NCC(=O)NC(C=O)[CH2][Pb].CO. The van der Waals surface area contributed by atoms with Crippen molar-refractivity contribution in [2.45, 2.75) is 16.9 Å². The van der Waals surface area contributed by atoms with Gasteiger partial charge in [-0.2, -0.15) is 0 Å². The summed E-state index contributed by atoms with van der Waals surface area (Å²) in [7, 11) is 1.00. The molecule has 0 aliphatic heterocycles. The third kappa shape index (κ3) is 13.2. The smallest absolute Gasteiger partial charge is 0.0319 e. The van der Waals surface area contributed by atoms with Gasteiger partial charge in [0, 0.05) is 7.11 Å². The molecule has 0 aromatic carbocycles. The number of amides is 3. The molecule has 4 N–H and O–H groups in total. The Morgan fingerprint density at radius 1 is 1.16 bits per heavy atom. The van der Waals surface area contributed by atoms with E-state index in [1.165, 1.54) is 6.92 Å². The Kier molecular flexibility index (Phi) is 14.3. The van der Waals surface area contributed by atoms with Crippen LogP contribution in [-0.4, -0.2) is 81.1 Å². The molecule has 0 saturated carbocycles. The molecule has 0 saturated heterocycles. The minimum absolute atomic E-state index is 0.166. The Balaban J connectivity index is 0. The third-order valence-corrected chi connectivity index (χ3v) is 3.38. The molecule has 0 spiro atoms. The van der Waals surface area contributed by atoms with E-state index in [2.05, 4.69) is 16.0 Å². The summed E-state index contributed by atoms with van der Waals surface area (Å²) in [6.07, 6.45) is 0.671. The van der Waals surface area contributed by atoms with E-state index in [0.717, 1.165) is 32.9 Å². The summed E-state index contributed by atoms with van der Waals surface area (Å²) in [6, 6.07) is -0.471. The number of carbonyl (C=O) groups is 4. The van der Waals surface area contributed by atoms with Gasteiger partial charge < -0.3 is 5.11 Å². The molecule has 107 valence electrons. The van der Waals surface area contributed by atoms with Crippen LogP contribution in [0.25, 0.3) is 0 Å². The zero-order valence-corrected chi connectivity index (χ0v) is 14.7. The van der Waals surface area contributed by atoms with Crippen molar-refractivity contribution in [3.05, 3.63) is 0 Å².